The van der Waals surface area contributed by atoms with Gasteiger partial charge in [-0.1, -0.05) is 15.9 Å². The summed E-state index contributed by atoms with van der Waals surface area (Å²) in [7, 11) is 0. The number of nitrogens with one attached hydrogen (secondary N) is 1. The van der Waals surface area contributed by atoms with Gasteiger partial charge in [0.05, 0.1) is 24.4 Å². The van der Waals surface area contributed by atoms with Crippen LogP contribution < -0.4 is 10.3 Å². The van der Waals surface area contributed by atoms with E-state index in [1.54, 1.807) is 29.7 Å². The number of carbonyl (C=O) groups excluding carboxylic acids is 1. The molecule has 0 aliphatic carbocycles. The quantitative estimate of drug-likeness (QED) is 0.641. The van der Waals surface area contributed by atoms with Gasteiger partial charge in [-0.25, -0.2) is 5.43 Å². The van der Waals surface area contributed by atoms with Crippen LogP contribution in [0.15, 0.2) is 46.0 Å². The molecule has 0 atom stereocenters. The topological polar surface area (TPSA) is 53.9 Å². The highest BCUT2D eigenvalue weighted by Gasteiger charge is 2.12. The van der Waals surface area contributed by atoms with Crippen molar-refractivity contribution in [3.63, 3.8) is 0 Å². The molecule has 5 nitrogen and oxygen atoms in total. The maximum Gasteiger partial charge on any atom is 0.271 e. The Balaban J connectivity index is 1.56. The predicted octanol–water partition coefficient (Wildman–Crippen LogP) is 3.11. The van der Waals surface area contributed by atoms with Gasteiger partial charge in [-0.2, -0.15) is 5.10 Å². The molecule has 0 bridgehead atoms. The zero-order chi connectivity index (χ0) is 16.1. The predicted molar refractivity (Wildman–Crippen MR) is 96.6 cm³/mol. The molecular formula is C16H16BrN3O2S. The first kappa shape index (κ1) is 16.2. The molecule has 2 heterocycles. The lowest BCUT2D eigenvalue weighted by atomic mass is 10.2. The van der Waals surface area contributed by atoms with Crippen molar-refractivity contribution in [1.82, 2.24) is 5.43 Å². The summed E-state index contributed by atoms with van der Waals surface area (Å²) in [5, 5.41) is 5.23. The SMILES string of the molecule is O=C(N/N=C/c1ccc(N2CCOCC2)s1)c1ccc(Br)cc1. The van der Waals surface area contributed by atoms with Crippen molar-refractivity contribution in [2.45, 2.75) is 0 Å². The number of anilines is 1. The van der Waals surface area contributed by atoms with Gasteiger partial charge in [-0.3, -0.25) is 4.79 Å². The number of hydrogen-bond acceptors (Lipinski definition) is 5. The Morgan fingerprint density at radius 3 is 2.70 bits per heavy atom. The van der Waals surface area contributed by atoms with E-state index in [0.717, 1.165) is 35.7 Å². The summed E-state index contributed by atoms with van der Waals surface area (Å²) >= 11 is 4.99. The van der Waals surface area contributed by atoms with E-state index in [9.17, 15) is 4.79 Å². The fourth-order valence-corrected chi connectivity index (χ4v) is 3.38. The first-order valence-electron chi connectivity index (χ1n) is 7.24. The number of halogens is 1. The van der Waals surface area contributed by atoms with Crippen LogP contribution in [0, 0.1) is 0 Å². The zero-order valence-electron chi connectivity index (χ0n) is 12.4. The van der Waals surface area contributed by atoms with Crippen LogP contribution >= 0.6 is 27.3 Å². The lowest BCUT2D eigenvalue weighted by molar-refractivity contribution is 0.0955. The summed E-state index contributed by atoms with van der Waals surface area (Å²) < 4.78 is 6.29. The number of morpholine rings is 1. The second-order valence-corrected chi connectivity index (χ2v) is 6.99. The van der Waals surface area contributed by atoms with Crippen LogP contribution in [0.3, 0.4) is 0 Å². The van der Waals surface area contributed by atoms with Crippen LogP contribution in [0.5, 0.6) is 0 Å². The molecule has 1 N–H and O–H groups in total. The van der Waals surface area contributed by atoms with Gasteiger partial charge in [0.25, 0.3) is 5.91 Å². The molecule has 1 aliphatic rings. The van der Waals surface area contributed by atoms with Crippen LogP contribution in [0.2, 0.25) is 0 Å². The molecule has 1 saturated heterocycles. The van der Waals surface area contributed by atoms with Gasteiger partial charge in [0.15, 0.2) is 0 Å². The van der Waals surface area contributed by atoms with Crippen molar-refractivity contribution in [3.05, 3.63) is 51.3 Å². The molecule has 1 amide bonds. The van der Waals surface area contributed by atoms with Gasteiger partial charge >= 0.3 is 0 Å². The molecule has 1 aliphatic heterocycles. The number of hydrogen-bond donors (Lipinski definition) is 1. The van der Waals surface area contributed by atoms with E-state index in [2.05, 4.69) is 37.4 Å². The average molecular weight is 394 g/mol. The normalized spacial score (nSPS) is 15.1. The molecule has 1 aromatic heterocycles. The van der Waals surface area contributed by atoms with E-state index in [1.807, 2.05) is 18.2 Å². The van der Waals surface area contributed by atoms with E-state index >= 15 is 0 Å². The molecule has 3 rings (SSSR count). The molecule has 0 radical (unpaired) electrons. The Morgan fingerprint density at radius 2 is 1.96 bits per heavy atom. The van der Waals surface area contributed by atoms with Crippen LogP contribution in [0.1, 0.15) is 15.2 Å². The van der Waals surface area contributed by atoms with Gasteiger partial charge in [0, 0.05) is 28.0 Å². The van der Waals surface area contributed by atoms with E-state index in [4.69, 9.17) is 4.74 Å². The van der Waals surface area contributed by atoms with Crippen molar-refractivity contribution >= 4 is 44.4 Å². The Morgan fingerprint density at radius 1 is 1.22 bits per heavy atom. The first-order valence-corrected chi connectivity index (χ1v) is 8.85. The van der Waals surface area contributed by atoms with Crippen LogP contribution in [0.4, 0.5) is 5.00 Å². The Kier molecular flexibility index (Phi) is 5.43. The van der Waals surface area contributed by atoms with Crippen molar-refractivity contribution in [2.75, 3.05) is 31.2 Å². The van der Waals surface area contributed by atoms with Crippen molar-refractivity contribution < 1.29 is 9.53 Å². The molecule has 0 spiro atoms. The Hall–Kier alpha value is -1.70. The molecule has 1 aromatic carbocycles. The van der Waals surface area contributed by atoms with Crippen molar-refractivity contribution in [3.8, 4) is 0 Å². The monoisotopic (exact) mass is 393 g/mol. The smallest absolute Gasteiger partial charge is 0.271 e. The third-order valence-electron chi connectivity index (χ3n) is 3.40. The number of amides is 1. The molecule has 0 unspecified atom stereocenters. The zero-order valence-corrected chi connectivity index (χ0v) is 14.8. The summed E-state index contributed by atoms with van der Waals surface area (Å²) in [4.78, 5) is 15.2. The molecule has 2 aromatic rings. The van der Waals surface area contributed by atoms with Gasteiger partial charge in [-0.15, -0.1) is 11.3 Å². The number of rotatable bonds is 4. The standard InChI is InChI=1S/C16H16BrN3O2S/c17-13-3-1-12(2-4-13)16(21)19-18-11-14-5-6-15(23-14)20-7-9-22-10-8-20/h1-6,11H,7-10H2,(H,19,21)/b18-11+. The third kappa shape index (κ3) is 4.40. The van der Waals surface area contributed by atoms with Gasteiger partial charge in [-0.05, 0) is 36.4 Å². The highest BCUT2D eigenvalue weighted by atomic mass is 79.9. The van der Waals surface area contributed by atoms with E-state index in [-0.39, 0.29) is 5.91 Å². The largest absolute Gasteiger partial charge is 0.378 e. The fourth-order valence-electron chi connectivity index (χ4n) is 2.19. The van der Waals surface area contributed by atoms with E-state index in [0.29, 0.717) is 5.56 Å². The fraction of sp³-hybridized carbons (Fsp3) is 0.250. The second kappa shape index (κ2) is 7.72. The number of ether oxygens (including phenoxy) is 1. The molecule has 120 valence electrons. The molecule has 0 saturated carbocycles. The maximum atomic E-state index is 11.9. The van der Waals surface area contributed by atoms with Crippen LogP contribution in [0.25, 0.3) is 0 Å². The number of carbonyl (C=O) groups is 1. The average Bonchev–Trinajstić information content (AvgIpc) is 3.05. The number of nitrogens with zero attached hydrogens (tertiary/aromatic N) is 2. The van der Waals surface area contributed by atoms with Gasteiger partial charge in [0.2, 0.25) is 0 Å². The van der Waals surface area contributed by atoms with Crippen LogP contribution in [-0.2, 0) is 4.74 Å². The maximum absolute atomic E-state index is 11.9. The summed E-state index contributed by atoms with van der Waals surface area (Å²) in [5.41, 5.74) is 3.12. The van der Waals surface area contributed by atoms with Crippen molar-refractivity contribution in [2.24, 2.45) is 5.10 Å². The minimum Gasteiger partial charge on any atom is -0.378 e. The summed E-state index contributed by atoms with van der Waals surface area (Å²) in [6.45, 7) is 3.37. The Labute approximate surface area is 147 Å². The number of benzene rings is 1. The number of hydrazone groups is 1. The highest BCUT2D eigenvalue weighted by molar-refractivity contribution is 9.10. The van der Waals surface area contributed by atoms with E-state index in [1.165, 1.54) is 5.00 Å². The lowest BCUT2D eigenvalue weighted by Gasteiger charge is -2.27. The molecule has 1 fully saturated rings. The lowest BCUT2D eigenvalue weighted by Crippen LogP contribution is -2.35. The van der Waals surface area contributed by atoms with Gasteiger partial charge < -0.3 is 9.64 Å². The first-order chi connectivity index (χ1) is 11.2. The minimum absolute atomic E-state index is 0.223. The second-order valence-electron chi connectivity index (χ2n) is 4.98. The minimum atomic E-state index is -0.223. The molecule has 7 heteroatoms. The summed E-state index contributed by atoms with van der Waals surface area (Å²) in [6.07, 6.45) is 1.67. The summed E-state index contributed by atoms with van der Waals surface area (Å²) in [5.74, 6) is -0.223. The molecular weight excluding hydrogens is 378 g/mol. The third-order valence-corrected chi connectivity index (χ3v) is 5.01. The van der Waals surface area contributed by atoms with Crippen molar-refractivity contribution in [1.29, 1.82) is 0 Å². The van der Waals surface area contributed by atoms with E-state index < -0.39 is 0 Å². The summed E-state index contributed by atoms with van der Waals surface area (Å²) in [6, 6.07) is 11.2. The number of thiophene rings is 1. The van der Waals surface area contributed by atoms with Crippen LogP contribution in [-0.4, -0.2) is 38.4 Å². The molecule has 23 heavy (non-hydrogen) atoms. The van der Waals surface area contributed by atoms with Gasteiger partial charge in [0.1, 0.15) is 0 Å². The highest BCUT2D eigenvalue weighted by Crippen LogP contribution is 2.25. The Bertz CT molecular complexity index is 694.